The van der Waals surface area contributed by atoms with E-state index in [-0.39, 0.29) is 23.0 Å². The van der Waals surface area contributed by atoms with Crippen molar-refractivity contribution in [3.63, 3.8) is 0 Å². The zero-order valence-electron chi connectivity index (χ0n) is 11.6. The van der Waals surface area contributed by atoms with Crippen LogP contribution in [0.5, 0.6) is 0 Å². The molecule has 7 heteroatoms. The number of rotatable bonds is 4. The molecule has 1 aromatic carbocycles. The van der Waals surface area contributed by atoms with Gasteiger partial charge in [-0.25, -0.2) is 4.79 Å². The molecular formula is C14H18ClN3O3. The summed E-state index contributed by atoms with van der Waals surface area (Å²) in [6, 6.07) is 4.28. The van der Waals surface area contributed by atoms with Gasteiger partial charge < -0.3 is 15.7 Å². The van der Waals surface area contributed by atoms with E-state index in [0.29, 0.717) is 5.69 Å². The minimum atomic E-state index is -1.08. The van der Waals surface area contributed by atoms with Crippen LogP contribution in [0.15, 0.2) is 18.2 Å². The van der Waals surface area contributed by atoms with E-state index in [2.05, 4.69) is 15.5 Å². The molecule has 0 radical (unpaired) electrons. The Balaban J connectivity index is 1.97. The fraction of sp³-hybridized carbons (Fsp3) is 0.429. The van der Waals surface area contributed by atoms with Crippen molar-refractivity contribution in [2.75, 3.05) is 38.0 Å². The van der Waals surface area contributed by atoms with Gasteiger partial charge in [-0.05, 0) is 37.7 Å². The lowest BCUT2D eigenvalue weighted by molar-refractivity contribution is -0.117. The fourth-order valence-corrected chi connectivity index (χ4v) is 2.48. The molecule has 1 saturated heterocycles. The second-order valence-electron chi connectivity index (χ2n) is 4.96. The smallest absolute Gasteiger partial charge is 0.335 e. The third kappa shape index (κ3) is 5.00. The SMILES string of the molecule is O=C(CN1CCCNCC1)Nc1cc(Cl)cc(C(=O)O)c1. The summed E-state index contributed by atoms with van der Waals surface area (Å²) in [7, 11) is 0. The maximum absolute atomic E-state index is 12.0. The zero-order chi connectivity index (χ0) is 15.2. The van der Waals surface area contributed by atoms with Gasteiger partial charge in [-0.2, -0.15) is 0 Å². The van der Waals surface area contributed by atoms with Crippen LogP contribution in [-0.2, 0) is 4.79 Å². The van der Waals surface area contributed by atoms with Gasteiger partial charge in [-0.1, -0.05) is 11.6 Å². The molecule has 1 aliphatic heterocycles. The molecule has 0 unspecified atom stereocenters. The summed E-state index contributed by atoms with van der Waals surface area (Å²) >= 11 is 5.86. The van der Waals surface area contributed by atoms with Crippen molar-refractivity contribution in [2.45, 2.75) is 6.42 Å². The molecule has 0 aliphatic carbocycles. The number of amides is 1. The standard InChI is InChI=1S/C14H18ClN3O3/c15-11-6-10(14(20)21)7-12(8-11)17-13(19)9-18-4-1-2-16-3-5-18/h6-8,16H,1-5,9H2,(H,17,19)(H,20,21). The quantitative estimate of drug-likeness (QED) is 0.780. The molecule has 0 aromatic heterocycles. The van der Waals surface area contributed by atoms with Crippen molar-refractivity contribution in [1.29, 1.82) is 0 Å². The summed E-state index contributed by atoms with van der Waals surface area (Å²) in [6.45, 7) is 3.82. The van der Waals surface area contributed by atoms with Gasteiger partial charge in [-0.3, -0.25) is 9.69 Å². The summed E-state index contributed by atoms with van der Waals surface area (Å²) in [6.07, 6.45) is 1.01. The van der Waals surface area contributed by atoms with Crippen LogP contribution >= 0.6 is 11.6 Å². The molecule has 0 bridgehead atoms. The second-order valence-corrected chi connectivity index (χ2v) is 5.40. The molecule has 0 saturated carbocycles. The molecule has 0 spiro atoms. The number of hydrogen-bond acceptors (Lipinski definition) is 4. The van der Waals surface area contributed by atoms with Gasteiger partial charge in [0.25, 0.3) is 0 Å². The van der Waals surface area contributed by atoms with Gasteiger partial charge in [0.05, 0.1) is 12.1 Å². The third-order valence-electron chi connectivity index (χ3n) is 3.23. The Morgan fingerprint density at radius 2 is 2.10 bits per heavy atom. The molecule has 114 valence electrons. The molecule has 2 rings (SSSR count). The Kier molecular flexibility index (Phi) is 5.55. The number of hydrogen-bond donors (Lipinski definition) is 3. The number of carbonyl (C=O) groups is 2. The van der Waals surface area contributed by atoms with Crippen molar-refractivity contribution in [1.82, 2.24) is 10.2 Å². The van der Waals surface area contributed by atoms with Crippen LogP contribution < -0.4 is 10.6 Å². The molecule has 1 fully saturated rings. The monoisotopic (exact) mass is 311 g/mol. The number of aromatic carboxylic acids is 1. The number of nitrogens with zero attached hydrogens (tertiary/aromatic N) is 1. The second kappa shape index (κ2) is 7.40. The number of anilines is 1. The summed E-state index contributed by atoms with van der Waals surface area (Å²) in [4.78, 5) is 25.0. The molecule has 0 atom stereocenters. The van der Waals surface area contributed by atoms with Crippen molar-refractivity contribution >= 4 is 29.2 Å². The molecule has 6 nitrogen and oxygen atoms in total. The number of nitrogens with one attached hydrogen (secondary N) is 2. The van der Waals surface area contributed by atoms with Crippen molar-refractivity contribution in [2.24, 2.45) is 0 Å². The Bertz CT molecular complexity index is 528. The molecule has 1 aromatic rings. The van der Waals surface area contributed by atoms with E-state index in [1.54, 1.807) is 0 Å². The predicted molar refractivity (Wildman–Crippen MR) is 81.0 cm³/mol. The van der Waals surface area contributed by atoms with Crippen LogP contribution in [0.2, 0.25) is 5.02 Å². The summed E-state index contributed by atoms with van der Waals surface area (Å²) < 4.78 is 0. The number of carboxylic acid groups (broad SMARTS) is 1. The van der Waals surface area contributed by atoms with Crippen LogP contribution in [0.1, 0.15) is 16.8 Å². The minimum absolute atomic E-state index is 0.0526. The number of carbonyl (C=O) groups excluding carboxylic acids is 1. The number of halogens is 1. The van der Waals surface area contributed by atoms with Crippen molar-refractivity contribution < 1.29 is 14.7 Å². The molecular weight excluding hydrogens is 294 g/mol. The highest BCUT2D eigenvalue weighted by Crippen LogP contribution is 2.19. The van der Waals surface area contributed by atoms with Crippen LogP contribution in [0.4, 0.5) is 5.69 Å². The van der Waals surface area contributed by atoms with Gasteiger partial charge >= 0.3 is 5.97 Å². The summed E-state index contributed by atoms with van der Waals surface area (Å²) in [5.41, 5.74) is 0.453. The highest BCUT2D eigenvalue weighted by molar-refractivity contribution is 6.31. The zero-order valence-corrected chi connectivity index (χ0v) is 12.3. The average molecular weight is 312 g/mol. The number of carboxylic acids is 1. The highest BCUT2D eigenvalue weighted by Gasteiger charge is 2.14. The van der Waals surface area contributed by atoms with Gasteiger partial charge in [0.2, 0.25) is 5.91 Å². The first kappa shape index (κ1) is 15.8. The molecule has 1 aliphatic rings. The summed E-state index contributed by atoms with van der Waals surface area (Å²) in [5, 5.41) is 15.2. The first-order chi connectivity index (χ1) is 10.0. The summed E-state index contributed by atoms with van der Waals surface area (Å²) in [5.74, 6) is -1.25. The van der Waals surface area contributed by atoms with E-state index < -0.39 is 5.97 Å². The van der Waals surface area contributed by atoms with Crippen molar-refractivity contribution in [3.05, 3.63) is 28.8 Å². The van der Waals surface area contributed by atoms with Crippen LogP contribution in [-0.4, -0.2) is 54.6 Å². The lowest BCUT2D eigenvalue weighted by Gasteiger charge is -2.18. The average Bonchev–Trinajstić information content (AvgIpc) is 2.66. The maximum Gasteiger partial charge on any atom is 0.335 e. The van der Waals surface area contributed by atoms with Gasteiger partial charge in [0.15, 0.2) is 0 Å². The highest BCUT2D eigenvalue weighted by atomic mass is 35.5. The van der Waals surface area contributed by atoms with E-state index in [1.165, 1.54) is 18.2 Å². The molecule has 3 N–H and O–H groups in total. The third-order valence-corrected chi connectivity index (χ3v) is 3.45. The van der Waals surface area contributed by atoms with E-state index in [0.717, 1.165) is 32.6 Å². The first-order valence-corrected chi connectivity index (χ1v) is 7.19. The maximum atomic E-state index is 12.0. The number of benzene rings is 1. The Morgan fingerprint density at radius 3 is 2.86 bits per heavy atom. The van der Waals surface area contributed by atoms with Gasteiger partial charge in [-0.15, -0.1) is 0 Å². The van der Waals surface area contributed by atoms with Crippen LogP contribution in [0.25, 0.3) is 0 Å². The van der Waals surface area contributed by atoms with Crippen molar-refractivity contribution in [3.8, 4) is 0 Å². The van der Waals surface area contributed by atoms with Crippen LogP contribution in [0, 0.1) is 0 Å². The largest absolute Gasteiger partial charge is 0.478 e. The van der Waals surface area contributed by atoms with E-state index in [4.69, 9.17) is 16.7 Å². The van der Waals surface area contributed by atoms with E-state index >= 15 is 0 Å². The fourth-order valence-electron chi connectivity index (χ4n) is 2.25. The molecule has 21 heavy (non-hydrogen) atoms. The Labute approximate surface area is 128 Å². The van der Waals surface area contributed by atoms with E-state index in [9.17, 15) is 9.59 Å². The van der Waals surface area contributed by atoms with Gasteiger partial charge in [0.1, 0.15) is 0 Å². The topological polar surface area (TPSA) is 81.7 Å². The Hall–Kier alpha value is -1.63. The van der Waals surface area contributed by atoms with Gasteiger partial charge in [0, 0.05) is 23.8 Å². The lowest BCUT2D eigenvalue weighted by atomic mass is 10.2. The minimum Gasteiger partial charge on any atom is -0.478 e. The predicted octanol–water partition coefficient (Wildman–Crippen LogP) is 1.27. The van der Waals surface area contributed by atoms with E-state index in [1.807, 2.05) is 0 Å². The first-order valence-electron chi connectivity index (χ1n) is 6.81. The molecule has 1 heterocycles. The normalized spacial score (nSPS) is 16.2. The molecule has 1 amide bonds. The Morgan fingerprint density at radius 1 is 1.29 bits per heavy atom. The van der Waals surface area contributed by atoms with Crippen LogP contribution in [0.3, 0.4) is 0 Å². The lowest BCUT2D eigenvalue weighted by Crippen LogP contribution is -2.35.